The van der Waals surface area contributed by atoms with Crippen LogP contribution in [-0.4, -0.2) is 72.3 Å². The number of anilines is 1. The van der Waals surface area contributed by atoms with Gasteiger partial charge in [-0.3, -0.25) is 19.8 Å². The molecule has 2 aliphatic heterocycles. The second-order valence-electron chi connectivity index (χ2n) is 9.94. The van der Waals surface area contributed by atoms with E-state index in [1.54, 1.807) is 26.2 Å². The number of nitrogens with zero attached hydrogens (tertiary/aromatic N) is 5. The van der Waals surface area contributed by atoms with Crippen LogP contribution in [-0.2, 0) is 16.0 Å². The highest BCUT2D eigenvalue weighted by atomic mass is 32.1. The molecule has 1 aromatic heterocycles. The van der Waals surface area contributed by atoms with Crippen LogP contribution < -0.4 is 9.64 Å². The van der Waals surface area contributed by atoms with Crippen molar-refractivity contribution in [2.45, 2.75) is 26.2 Å². The van der Waals surface area contributed by atoms with Crippen LogP contribution in [0.25, 0.3) is 0 Å². The standard InChI is InChI=1S/C29H33N5O5S/c1-4-39-29(35)25-19(2)30-28-27(26(25)20-6-5-7-22(18-20)34(36)37)24(31-40-28)12-13-32-14-16-33(17-15-32)21-8-10-23(38-3)11-9-21/h5-11,18,25-26H,4,12-17H2,1-3H3. The minimum atomic E-state index is -0.669. The summed E-state index contributed by atoms with van der Waals surface area (Å²) in [6.45, 7) is 8.35. The minimum absolute atomic E-state index is 0.0127. The van der Waals surface area contributed by atoms with Crippen LogP contribution in [0.2, 0.25) is 0 Å². The third-order valence-electron chi connectivity index (χ3n) is 7.61. The number of hydrogen-bond acceptors (Lipinski definition) is 10. The summed E-state index contributed by atoms with van der Waals surface area (Å²) in [6.07, 6.45) is 0.698. The van der Waals surface area contributed by atoms with Crippen molar-refractivity contribution in [2.75, 3.05) is 51.3 Å². The van der Waals surface area contributed by atoms with Crippen molar-refractivity contribution in [1.29, 1.82) is 0 Å². The number of nitro benzene ring substituents is 1. The number of esters is 1. The normalized spacial score (nSPS) is 19.1. The molecule has 11 heteroatoms. The number of aromatic nitrogens is 1. The molecule has 0 radical (unpaired) electrons. The number of carbonyl (C=O) groups is 1. The van der Waals surface area contributed by atoms with Gasteiger partial charge in [-0.15, -0.1) is 0 Å². The highest BCUT2D eigenvalue weighted by molar-refractivity contribution is 7.10. The third kappa shape index (κ3) is 5.71. The van der Waals surface area contributed by atoms with Crippen LogP contribution in [0.4, 0.5) is 16.4 Å². The third-order valence-corrected chi connectivity index (χ3v) is 8.41. The summed E-state index contributed by atoms with van der Waals surface area (Å²) in [6, 6.07) is 14.7. The van der Waals surface area contributed by atoms with E-state index in [4.69, 9.17) is 18.8 Å². The van der Waals surface area contributed by atoms with Gasteiger partial charge in [0.05, 0.1) is 24.3 Å². The number of methoxy groups -OCH3 is 1. The predicted molar refractivity (Wildman–Crippen MR) is 155 cm³/mol. The first-order valence-corrected chi connectivity index (χ1v) is 14.2. The molecule has 3 aromatic rings. The SMILES string of the molecule is CCOC(=O)C1C(C)=Nc2snc(CCN3CCN(c4ccc(OC)cc4)CC3)c2C1c1cccc([N+](=O)[O-])c1. The molecule has 0 amide bonds. The first-order valence-electron chi connectivity index (χ1n) is 13.5. The molecular weight excluding hydrogens is 530 g/mol. The van der Waals surface area contributed by atoms with Gasteiger partial charge in [-0.1, -0.05) is 12.1 Å². The summed E-state index contributed by atoms with van der Waals surface area (Å²) in [5, 5.41) is 12.3. The number of piperazine rings is 1. The van der Waals surface area contributed by atoms with Crippen LogP contribution in [0.5, 0.6) is 5.75 Å². The van der Waals surface area contributed by atoms with Crippen LogP contribution >= 0.6 is 11.5 Å². The molecule has 1 fully saturated rings. The Morgan fingerprint density at radius 2 is 1.90 bits per heavy atom. The lowest BCUT2D eigenvalue weighted by Gasteiger charge is -2.36. The van der Waals surface area contributed by atoms with E-state index < -0.39 is 16.8 Å². The molecule has 1 saturated heterocycles. The van der Waals surface area contributed by atoms with Crippen LogP contribution in [0.3, 0.4) is 0 Å². The first kappa shape index (κ1) is 27.7. The fourth-order valence-electron chi connectivity index (χ4n) is 5.55. The summed E-state index contributed by atoms with van der Waals surface area (Å²) >= 11 is 1.32. The lowest BCUT2D eigenvalue weighted by Crippen LogP contribution is -2.47. The van der Waals surface area contributed by atoms with Crippen molar-refractivity contribution >= 4 is 39.6 Å². The van der Waals surface area contributed by atoms with E-state index in [1.807, 2.05) is 25.1 Å². The zero-order valence-electron chi connectivity index (χ0n) is 22.9. The molecule has 0 N–H and O–H groups in total. The molecule has 40 heavy (non-hydrogen) atoms. The Kier molecular flexibility index (Phi) is 8.41. The molecule has 2 aliphatic rings. The zero-order chi connectivity index (χ0) is 28.2. The lowest BCUT2D eigenvalue weighted by atomic mass is 9.76. The highest BCUT2D eigenvalue weighted by Gasteiger charge is 2.41. The highest BCUT2D eigenvalue weighted by Crippen LogP contribution is 2.47. The van der Waals surface area contributed by atoms with Gasteiger partial charge in [0.25, 0.3) is 5.69 Å². The molecule has 2 atom stereocenters. The van der Waals surface area contributed by atoms with Crippen molar-refractivity contribution in [3.63, 3.8) is 0 Å². The van der Waals surface area contributed by atoms with Gasteiger partial charge < -0.3 is 14.4 Å². The van der Waals surface area contributed by atoms with Crippen LogP contribution in [0, 0.1) is 16.0 Å². The smallest absolute Gasteiger partial charge is 0.315 e. The fraction of sp³-hybridized carbons (Fsp3) is 0.414. The van der Waals surface area contributed by atoms with E-state index in [9.17, 15) is 14.9 Å². The number of benzene rings is 2. The van der Waals surface area contributed by atoms with E-state index in [-0.39, 0.29) is 18.3 Å². The van der Waals surface area contributed by atoms with Crippen molar-refractivity contribution in [2.24, 2.45) is 10.9 Å². The molecular formula is C29H33N5O5S. The second kappa shape index (κ2) is 12.1. The van der Waals surface area contributed by atoms with E-state index >= 15 is 0 Å². The summed E-state index contributed by atoms with van der Waals surface area (Å²) in [4.78, 5) is 33.9. The largest absolute Gasteiger partial charge is 0.497 e. The fourth-order valence-corrected chi connectivity index (χ4v) is 6.46. The van der Waals surface area contributed by atoms with Gasteiger partial charge >= 0.3 is 5.97 Å². The summed E-state index contributed by atoms with van der Waals surface area (Å²) in [5.74, 6) is -0.649. The molecule has 0 saturated carbocycles. The molecule has 0 aliphatic carbocycles. The number of non-ortho nitro benzene ring substituents is 1. The Morgan fingerprint density at radius 1 is 1.15 bits per heavy atom. The van der Waals surface area contributed by atoms with Gasteiger partial charge in [-0.2, -0.15) is 4.37 Å². The molecule has 3 heterocycles. The van der Waals surface area contributed by atoms with Gasteiger partial charge in [0.2, 0.25) is 0 Å². The van der Waals surface area contributed by atoms with Gasteiger partial charge in [0.15, 0.2) is 0 Å². The van der Waals surface area contributed by atoms with Gasteiger partial charge in [0, 0.05) is 74.2 Å². The van der Waals surface area contributed by atoms with E-state index in [0.717, 1.165) is 54.7 Å². The molecule has 0 bridgehead atoms. The second-order valence-corrected chi connectivity index (χ2v) is 10.7. The van der Waals surface area contributed by atoms with Crippen molar-refractivity contribution < 1.29 is 19.2 Å². The van der Waals surface area contributed by atoms with E-state index in [2.05, 4.69) is 21.9 Å². The lowest BCUT2D eigenvalue weighted by molar-refractivity contribution is -0.384. The maximum atomic E-state index is 13.2. The van der Waals surface area contributed by atoms with Crippen molar-refractivity contribution in [1.82, 2.24) is 9.27 Å². The molecule has 0 spiro atoms. The number of hydrogen-bond donors (Lipinski definition) is 0. The first-order chi connectivity index (χ1) is 19.4. The monoisotopic (exact) mass is 563 g/mol. The Hall–Kier alpha value is -3.83. The Labute approximate surface area is 237 Å². The summed E-state index contributed by atoms with van der Waals surface area (Å²) in [7, 11) is 1.67. The topological polar surface area (TPSA) is 110 Å². The van der Waals surface area contributed by atoms with Crippen molar-refractivity contribution in [3.8, 4) is 5.75 Å². The Balaban J connectivity index is 1.36. The zero-order valence-corrected chi connectivity index (χ0v) is 23.7. The number of rotatable bonds is 9. The molecule has 2 unspecified atom stereocenters. The molecule has 210 valence electrons. The van der Waals surface area contributed by atoms with E-state index in [1.165, 1.54) is 23.3 Å². The number of aliphatic imine (C=N–C) groups is 1. The number of carbonyl (C=O) groups excluding carboxylic acids is 1. The molecule has 5 rings (SSSR count). The predicted octanol–water partition coefficient (Wildman–Crippen LogP) is 4.84. The van der Waals surface area contributed by atoms with Crippen molar-refractivity contribution in [3.05, 3.63) is 75.5 Å². The quantitative estimate of drug-likeness (QED) is 0.207. The molecule has 2 aromatic carbocycles. The van der Waals surface area contributed by atoms with E-state index in [0.29, 0.717) is 17.7 Å². The average Bonchev–Trinajstić information content (AvgIpc) is 3.38. The Bertz CT molecular complexity index is 1400. The molecule has 10 nitrogen and oxygen atoms in total. The summed E-state index contributed by atoms with van der Waals surface area (Å²) < 4.78 is 15.5. The number of fused-ring (bicyclic) bond motifs is 1. The number of ether oxygens (including phenoxy) is 2. The average molecular weight is 564 g/mol. The maximum absolute atomic E-state index is 13.2. The van der Waals surface area contributed by atoms with Crippen LogP contribution in [0.15, 0.2) is 53.5 Å². The van der Waals surface area contributed by atoms with Gasteiger partial charge in [0.1, 0.15) is 16.7 Å². The Morgan fingerprint density at radius 3 is 2.58 bits per heavy atom. The summed E-state index contributed by atoms with van der Waals surface area (Å²) in [5.41, 5.74) is 4.27. The van der Waals surface area contributed by atoms with Gasteiger partial charge in [-0.25, -0.2) is 4.99 Å². The minimum Gasteiger partial charge on any atom is -0.497 e. The van der Waals surface area contributed by atoms with Crippen LogP contribution in [0.1, 0.15) is 36.6 Å². The van der Waals surface area contributed by atoms with Gasteiger partial charge in [-0.05, 0) is 55.2 Å². The maximum Gasteiger partial charge on any atom is 0.315 e. The number of nitro groups is 1.